The quantitative estimate of drug-likeness (QED) is 0.467. The van der Waals surface area contributed by atoms with Crippen LogP contribution in [-0.4, -0.2) is 36.6 Å². The number of ether oxygens (including phenoxy) is 2. The van der Waals surface area contributed by atoms with Crippen molar-refractivity contribution in [2.75, 3.05) is 12.0 Å². The van der Waals surface area contributed by atoms with Gasteiger partial charge >= 0.3 is 5.97 Å². The van der Waals surface area contributed by atoms with Crippen molar-refractivity contribution in [3.05, 3.63) is 42.0 Å². The molecule has 2 amide bonds. The Kier molecular flexibility index (Phi) is 2.78. The fraction of sp³-hybridized carbons (Fsp3) is 0.353. The molecule has 3 heterocycles. The summed E-state index contributed by atoms with van der Waals surface area (Å²) in [6.07, 6.45) is 3.39. The second-order valence-electron chi connectivity index (χ2n) is 6.18. The topological polar surface area (TPSA) is 72.9 Å². The smallest absolute Gasteiger partial charge is 0.337 e. The lowest BCUT2D eigenvalue weighted by molar-refractivity contribution is -0.126. The van der Waals surface area contributed by atoms with Gasteiger partial charge in [0, 0.05) is 0 Å². The molecule has 1 aromatic rings. The normalized spacial score (nSPS) is 34.2. The van der Waals surface area contributed by atoms with E-state index < -0.39 is 23.4 Å². The maximum Gasteiger partial charge on any atom is 0.337 e. The lowest BCUT2D eigenvalue weighted by atomic mass is 9.78. The number of anilines is 1. The first-order valence-electron chi connectivity index (χ1n) is 7.39. The molecule has 3 aliphatic heterocycles. The molecule has 0 radical (unpaired) electrons. The van der Waals surface area contributed by atoms with Crippen molar-refractivity contribution in [2.45, 2.75) is 18.6 Å². The van der Waals surface area contributed by atoms with Gasteiger partial charge in [-0.25, -0.2) is 9.69 Å². The van der Waals surface area contributed by atoms with E-state index in [9.17, 15) is 14.4 Å². The van der Waals surface area contributed by atoms with E-state index in [0.29, 0.717) is 11.3 Å². The highest BCUT2D eigenvalue weighted by Gasteiger charge is 2.65. The number of methoxy groups -OCH3 is 1. The van der Waals surface area contributed by atoms with Gasteiger partial charge in [0.05, 0.1) is 41.9 Å². The average molecular weight is 313 g/mol. The zero-order valence-electron chi connectivity index (χ0n) is 12.7. The highest BCUT2D eigenvalue weighted by atomic mass is 16.5. The van der Waals surface area contributed by atoms with Gasteiger partial charge in [-0.3, -0.25) is 9.59 Å². The van der Waals surface area contributed by atoms with Crippen LogP contribution in [0.5, 0.6) is 0 Å². The third kappa shape index (κ3) is 1.75. The van der Waals surface area contributed by atoms with Crippen LogP contribution in [0.15, 0.2) is 36.4 Å². The zero-order chi connectivity index (χ0) is 16.4. The highest BCUT2D eigenvalue weighted by Crippen LogP contribution is 2.52. The van der Waals surface area contributed by atoms with E-state index in [-0.39, 0.29) is 17.9 Å². The molecule has 0 spiro atoms. The van der Waals surface area contributed by atoms with E-state index >= 15 is 0 Å². The van der Waals surface area contributed by atoms with Gasteiger partial charge in [0.2, 0.25) is 11.8 Å². The summed E-state index contributed by atoms with van der Waals surface area (Å²) < 4.78 is 10.4. The summed E-state index contributed by atoms with van der Waals surface area (Å²) in [5.74, 6) is -1.90. The summed E-state index contributed by atoms with van der Waals surface area (Å²) in [5.41, 5.74) is 0.126. The zero-order valence-corrected chi connectivity index (χ0v) is 12.7. The molecule has 0 N–H and O–H groups in total. The molecule has 0 aliphatic carbocycles. The first kappa shape index (κ1) is 14.1. The molecule has 0 aromatic heterocycles. The summed E-state index contributed by atoms with van der Waals surface area (Å²) in [5, 5.41) is 0. The number of carbonyl (C=O) groups excluding carboxylic acids is 3. The van der Waals surface area contributed by atoms with Gasteiger partial charge < -0.3 is 9.47 Å². The van der Waals surface area contributed by atoms with Crippen molar-refractivity contribution in [1.82, 2.24) is 0 Å². The molecule has 6 nitrogen and oxygen atoms in total. The molecule has 2 fully saturated rings. The van der Waals surface area contributed by atoms with Crippen LogP contribution in [0.4, 0.5) is 5.69 Å². The van der Waals surface area contributed by atoms with Gasteiger partial charge in [0.15, 0.2) is 0 Å². The molecular weight excluding hydrogens is 298 g/mol. The van der Waals surface area contributed by atoms with Crippen molar-refractivity contribution >= 4 is 23.5 Å². The summed E-state index contributed by atoms with van der Waals surface area (Å²) in [6.45, 7) is 1.84. The second kappa shape index (κ2) is 4.52. The molecule has 2 saturated heterocycles. The Balaban J connectivity index is 1.68. The third-order valence-corrected chi connectivity index (χ3v) is 4.88. The molecule has 2 bridgehead atoms. The van der Waals surface area contributed by atoms with Crippen LogP contribution in [0.3, 0.4) is 0 Å². The van der Waals surface area contributed by atoms with Crippen LogP contribution in [0.2, 0.25) is 0 Å². The summed E-state index contributed by atoms with van der Waals surface area (Å²) in [4.78, 5) is 38.2. The molecule has 3 aliphatic rings. The summed E-state index contributed by atoms with van der Waals surface area (Å²) >= 11 is 0. The van der Waals surface area contributed by atoms with Gasteiger partial charge in [-0.2, -0.15) is 0 Å². The number of hydrogen-bond acceptors (Lipinski definition) is 5. The Hall–Kier alpha value is -2.47. The lowest BCUT2D eigenvalue weighted by Crippen LogP contribution is -2.38. The Morgan fingerprint density at radius 1 is 1.22 bits per heavy atom. The Morgan fingerprint density at radius 3 is 2.52 bits per heavy atom. The number of hydrogen-bond donors (Lipinski definition) is 0. The SMILES string of the molecule is COC(=O)c1ccc(N2C(=O)[C@@H]3[C@@H]4C=C[C@@](C)(O4)[C@H]3C2=O)cc1. The molecular formula is C17H15NO5. The van der Waals surface area contributed by atoms with Crippen LogP contribution in [0.1, 0.15) is 17.3 Å². The predicted octanol–water partition coefficient (Wildman–Crippen LogP) is 1.31. The van der Waals surface area contributed by atoms with Gasteiger partial charge in [-0.05, 0) is 31.2 Å². The van der Waals surface area contributed by atoms with Crippen molar-refractivity contribution in [2.24, 2.45) is 11.8 Å². The van der Waals surface area contributed by atoms with Crippen LogP contribution >= 0.6 is 0 Å². The van der Waals surface area contributed by atoms with E-state index in [4.69, 9.17) is 4.74 Å². The maximum absolute atomic E-state index is 12.8. The van der Waals surface area contributed by atoms with E-state index in [1.807, 2.05) is 19.1 Å². The number of carbonyl (C=O) groups is 3. The van der Waals surface area contributed by atoms with Gasteiger partial charge in [0.1, 0.15) is 0 Å². The van der Waals surface area contributed by atoms with Crippen molar-refractivity contribution in [1.29, 1.82) is 0 Å². The number of imide groups is 1. The highest BCUT2D eigenvalue weighted by molar-refractivity contribution is 6.23. The van der Waals surface area contributed by atoms with E-state index in [1.54, 1.807) is 24.3 Å². The summed E-state index contributed by atoms with van der Waals surface area (Å²) in [7, 11) is 1.30. The first-order chi connectivity index (χ1) is 11.0. The first-order valence-corrected chi connectivity index (χ1v) is 7.39. The molecule has 118 valence electrons. The molecule has 4 atom stereocenters. The van der Waals surface area contributed by atoms with Gasteiger partial charge in [-0.1, -0.05) is 12.2 Å². The number of benzene rings is 1. The van der Waals surface area contributed by atoms with E-state index in [1.165, 1.54) is 12.0 Å². The Morgan fingerprint density at radius 2 is 1.91 bits per heavy atom. The average Bonchev–Trinajstić information content (AvgIpc) is 3.16. The number of amides is 2. The Labute approximate surface area is 132 Å². The Bertz CT molecular complexity index is 753. The molecule has 0 saturated carbocycles. The minimum absolute atomic E-state index is 0.246. The minimum atomic E-state index is -0.706. The second-order valence-corrected chi connectivity index (χ2v) is 6.18. The fourth-order valence-corrected chi connectivity index (χ4v) is 3.77. The van der Waals surface area contributed by atoms with Crippen molar-refractivity contribution in [3.63, 3.8) is 0 Å². The molecule has 4 rings (SSSR count). The molecule has 23 heavy (non-hydrogen) atoms. The van der Waals surface area contributed by atoms with E-state index in [0.717, 1.165) is 0 Å². The standard InChI is InChI=1S/C17H15NO5/c1-17-8-7-11(23-17)12-13(17)15(20)18(14(12)19)10-5-3-9(4-6-10)16(21)22-2/h3-8,11-13H,1-2H3/t11-,12+,13+,17+/m0/s1. The molecule has 6 heteroatoms. The largest absolute Gasteiger partial charge is 0.465 e. The minimum Gasteiger partial charge on any atom is -0.465 e. The van der Waals surface area contributed by atoms with Gasteiger partial charge in [0.25, 0.3) is 0 Å². The number of fused-ring (bicyclic) bond motifs is 5. The molecule has 1 aromatic carbocycles. The third-order valence-electron chi connectivity index (χ3n) is 4.88. The van der Waals surface area contributed by atoms with Crippen LogP contribution in [0, 0.1) is 11.8 Å². The predicted molar refractivity (Wildman–Crippen MR) is 79.7 cm³/mol. The monoisotopic (exact) mass is 313 g/mol. The van der Waals surface area contributed by atoms with E-state index in [2.05, 4.69) is 4.74 Å². The van der Waals surface area contributed by atoms with Crippen LogP contribution < -0.4 is 4.90 Å². The summed E-state index contributed by atoms with van der Waals surface area (Å²) in [6, 6.07) is 6.26. The van der Waals surface area contributed by atoms with Crippen LogP contribution in [-0.2, 0) is 19.1 Å². The van der Waals surface area contributed by atoms with Crippen molar-refractivity contribution < 1.29 is 23.9 Å². The molecule has 0 unspecified atom stereocenters. The fourth-order valence-electron chi connectivity index (χ4n) is 3.77. The van der Waals surface area contributed by atoms with Crippen LogP contribution in [0.25, 0.3) is 0 Å². The van der Waals surface area contributed by atoms with Gasteiger partial charge in [-0.15, -0.1) is 0 Å². The maximum atomic E-state index is 12.8. The number of rotatable bonds is 2. The number of nitrogens with zero attached hydrogens (tertiary/aromatic N) is 1. The van der Waals surface area contributed by atoms with Crippen molar-refractivity contribution in [3.8, 4) is 0 Å². The number of esters is 1. The lowest BCUT2D eigenvalue weighted by Gasteiger charge is -2.24.